The van der Waals surface area contributed by atoms with Crippen molar-refractivity contribution >= 4 is 18.9 Å². The van der Waals surface area contributed by atoms with Crippen molar-refractivity contribution in [3.63, 3.8) is 0 Å². The minimum absolute atomic E-state index is 0.440. The van der Waals surface area contributed by atoms with Crippen molar-refractivity contribution in [2.75, 3.05) is 0 Å². The molecule has 0 amide bonds. The first-order valence-electron chi connectivity index (χ1n) is 2.89. The van der Waals surface area contributed by atoms with Crippen molar-refractivity contribution in [1.82, 2.24) is 0 Å². The Hall–Kier alpha value is 0.0200. The van der Waals surface area contributed by atoms with E-state index in [2.05, 4.69) is 12.6 Å². The van der Waals surface area contributed by atoms with Crippen molar-refractivity contribution < 1.29 is 4.79 Å². The van der Waals surface area contributed by atoms with E-state index in [1.165, 1.54) is 0 Å². The number of rotatable bonds is 4. The smallest absolute Gasteiger partial charge is 0.119 e. The lowest BCUT2D eigenvalue weighted by Gasteiger charge is -1.97. The van der Waals surface area contributed by atoms with E-state index in [4.69, 9.17) is 0 Å². The molecule has 0 N–H and O–H groups in total. The molecule has 0 aromatic carbocycles. The second-order valence-electron chi connectivity index (χ2n) is 1.95. The van der Waals surface area contributed by atoms with E-state index in [9.17, 15) is 4.79 Å². The summed E-state index contributed by atoms with van der Waals surface area (Å²) in [6.45, 7) is 2.04. The van der Waals surface area contributed by atoms with E-state index in [1.807, 2.05) is 6.92 Å². The Labute approximate surface area is 55.9 Å². The topological polar surface area (TPSA) is 17.1 Å². The average molecular weight is 132 g/mol. The Morgan fingerprint density at radius 1 is 1.75 bits per heavy atom. The molecule has 0 saturated heterocycles. The van der Waals surface area contributed by atoms with Gasteiger partial charge in [0, 0.05) is 6.42 Å². The maximum Gasteiger partial charge on any atom is 0.119 e. The summed E-state index contributed by atoms with van der Waals surface area (Å²) >= 11 is 4.15. The number of hydrogen-bond acceptors (Lipinski definition) is 2. The summed E-state index contributed by atoms with van der Waals surface area (Å²) in [5.74, 6) is 0. The minimum Gasteiger partial charge on any atom is -0.303 e. The van der Waals surface area contributed by atoms with E-state index >= 15 is 0 Å². The van der Waals surface area contributed by atoms with E-state index < -0.39 is 0 Å². The molecule has 0 aliphatic carbocycles. The zero-order chi connectivity index (χ0) is 6.41. The first-order chi connectivity index (χ1) is 3.77. The van der Waals surface area contributed by atoms with E-state index in [-0.39, 0.29) is 0 Å². The van der Waals surface area contributed by atoms with Gasteiger partial charge in [-0.25, -0.2) is 0 Å². The van der Waals surface area contributed by atoms with E-state index in [0.29, 0.717) is 11.7 Å². The molecule has 0 heterocycles. The van der Waals surface area contributed by atoms with Gasteiger partial charge in [0.1, 0.15) is 6.29 Å². The molecule has 0 fully saturated rings. The monoisotopic (exact) mass is 132 g/mol. The molecule has 0 radical (unpaired) electrons. The van der Waals surface area contributed by atoms with Gasteiger partial charge < -0.3 is 4.79 Å². The lowest BCUT2D eigenvalue weighted by molar-refractivity contribution is -0.107. The third-order valence-corrected chi connectivity index (χ3v) is 1.20. The molecular weight excluding hydrogens is 120 g/mol. The van der Waals surface area contributed by atoms with Crippen LogP contribution < -0.4 is 0 Å². The number of hydrogen-bond donors (Lipinski definition) is 1. The molecule has 0 bridgehead atoms. The van der Waals surface area contributed by atoms with Crippen LogP contribution in [0.25, 0.3) is 0 Å². The molecule has 1 unspecified atom stereocenters. The maximum atomic E-state index is 9.76. The third-order valence-electron chi connectivity index (χ3n) is 0.944. The fourth-order valence-corrected chi connectivity index (χ4v) is 0.679. The Balaban J connectivity index is 2.81. The van der Waals surface area contributed by atoms with Crippen molar-refractivity contribution in [1.29, 1.82) is 0 Å². The molecule has 0 saturated carbocycles. The Morgan fingerprint density at radius 2 is 2.38 bits per heavy atom. The summed E-state index contributed by atoms with van der Waals surface area (Å²) in [7, 11) is 0. The number of carbonyl (C=O) groups is 1. The van der Waals surface area contributed by atoms with Crippen LogP contribution in [-0.4, -0.2) is 11.5 Å². The average Bonchev–Trinajstić information content (AvgIpc) is 1.66. The first-order valence-corrected chi connectivity index (χ1v) is 3.40. The van der Waals surface area contributed by atoms with E-state index in [1.54, 1.807) is 0 Å². The van der Waals surface area contributed by atoms with Gasteiger partial charge in [-0.3, -0.25) is 0 Å². The van der Waals surface area contributed by atoms with Crippen LogP contribution in [0.15, 0.2) is 0 Å². The van der Waals surface area contributed by atoms with Crippen LogP contribution >= 0.6 is 12.6 Å². The highest BCUT2D eigenvalue weighted by atomic mass is 32.1. The predicted molar refractivity (Wildman–Crippen MR) is 38.4 cm³/mol. The van der Waals surface area contributed by atoms with Crippen LogP contribution in [0.4, 0.5) is 0 Å². The van der Waals surface area contributed by atoms with Crippen LogP contribution in [0.1, 0.15) is 26.2 Å². The second kappa shape index (κ2) is 5.16. The quantitative estimate of drug-likeness (QED) is 0.350. The van der Waals surface area contributed by atoms with Gasteiger partial charge in [-0.1, -0.05) is 6.92 Å². The zero-order valence-electron chi connectivity index (χ0n) is 5.13. The van der Waals surface area contributed by atoms with Gasteiger partial charge in [0.2, 0.25) is 0 Å². The normalized spacial score (nSPS) is 13.2. The van der Waals surface area contributed by atoms with Crippen molar-refractivity contribution in [2.24, 2.45) is 0 Å². The van der Waals surface area contributed by atoms with Crippen LogP contribution in [0.3, 0.4) is 0 Å². The molecule has 48 valence electrons. The fourth-order valence-electron chi connectivity index (χ4n) is 0.497. The van der Waals surface area contributed by atoms with Gasteiger partial charge in [-0.2, -0.15) is 12.6 Å². The lowest BCUT2D eigenvalue weighted by Crippen LogP contribution is -1.89. The number of thiol groups is 1. The highest BCUT2D eigenvalue weighted by molar-refractivity contribution is 7.80. The highest BCUT2D eigenvalue weighted by Crippen LogP contribution is 2.03. The standard InChI is InChI=1S/C6H12OS/c1-6(8)4-2-3-5-7/h5-6,8H,2-4H2,1H3. The van der Waals surface area contributed by atoms with E-state index in [0.717, 1.165) is 19.1 Å². The SMILES string of the molecule is CC(S)CCCC=O. The summed E-state index contributed by atoms with van der Waals surface area (Å²) in [6.07, 6.45) is 3.66. The van der Waals surface area contributed by atoms with Crippen molar-refractivity contribution in [3.05, 3.63) is 0 Å². The van der Waals surface area contributed by atoms with Gasteiger partial charge in [-0.05, 0) is 18.1 Å². The zero-order valence-corrected chi connectivity index (χ0v) is 6.03. The van der Waals surface area contributed by atoms with Crippen LogP contribution in [0.2, 0.25) is 0 Å². The molecule has 0 aliphatic rings. The van der Waals surface area contributed by atoms with Crippen molar-refractivity contribution in [3.8, 4) is 0 Å². The molecule has 1 atom stereocenters. The summed E-state index contributed by atoms with van der Waals surface area (Å²) in [5.41, 5.74) is 0. The molecule has 0 aromatic heterocycles. The molecule has 2 heteroatoms. The van der Waals surface area contributed by atoms with Crippen molar-refractivity contribution in [2.45, 2.75) is 31.4 Å². The van der Waals surface area contributed by atoms with Gasteiger partial charge in [0.15, 0.2) is 0 Å². The van der Waals surface area contributed by atoms with Gasteiger partial charge in [0.25, 0.3) is 0 Å². The number of aldehydes is 1. The van der Waals surface area contributed by atoms with Gasteiger partial charge >= 0.3 is 0 Å². The molecule has 8 heavy (non-hydrogen) atoms. The summed E-state index contributed by atoms with van der Waals surface area (Å²) in [4.78, 5) is 9.76. The molecule has 0 rings (SSSR count). The Bertz CT molecular complexity index is 61.5. The minimum atomic E-state index is 0.440. The summed E-state index contributed by atoms with van der Waals surface area (Å²) < 4.78 is 0. The summed E-state index contributed by atoms with van der Waals surface area (Å²) in [6, 6.07) is 0. The number of carbonyl (C=O) groups excluding carboxylic acids is 1. The van der Waals surface area contributed by atoms with Gasteiger partial charge in [-0.15, -0.1) is 0 Å². The summed E-state index contributed by atoms with van der Waals surface area (Å²) in [5, 5.41) is 0.440. The molecular formula is C6H12OS. The highest BCUT2D eigenvalue weighted by Gasteiger charge is 1.91. The predicted octanol–water partition coefficient (Wildman–Crippen LogP) is 1.67. The largest absolute Gasteiger partial charge is 0.303 e. The molecule has 0 spiro atoms. The van der Waals surface area contributed by atoms with Crippen LogP contribution in [0.5, 0.6) is 0 Å². The van der Waals surface area contributed by atoms with Crippen LogP contribution in [-0.2, 0) is 4.79 Å². The van der Waals surface area contributed by atoms with Crippen LogP contribution in [0, 0.1) is 0 Å². The Morgan fingerprint density at radius 3 is 2.75 bits per heavy atom. The fraction of sp³-hybridized carbons (Fsp3) is 0.833. The Kier molecular flexibility index (Phi) is 5.18. The maximum absolute atomic E-state index is 9.76. The second-order valence-corrected chi connectivity index (χ2v) is 2.83. The third kappa shape index (κ3) is 6.02. The lowest BCUT2D eigenvalue weighted by atomic mass is 10.2. The molecule has 1 nitrogen and oxygen atoms in total. The first kappa shape index (κ1) is 8.02. The molecule has 0 aromatic rings. The van der Waals surface area contributed by atoms with Gasteiger partial charge in [0.05, 0.1) is 0 Å². The molecule has 0 aliphatic heterocycles. The number of unbranched alkanes of at least 4 members (excludes halogenated alkanes) is 1.